The Kier molecular flexibility index (Phi) is 5.20. The molecule has 1 aliphatic heterocycles. The van der Waals surface area contributed by atoms with Crippen molar-refractivity contribution in [2.75, 3.05) is 40.4 Å². The zero-order chi connectivity index (χ0) is 16.1. The molecule has 5 nitrogen and oxygen atoms in total. The van der Waals surface area contributed by atoms with E-state index in [1.807, 2.05) is 24.3 Å². The molecule has 0 spiro atoms. The summed E-state index contributed by atoms with van der Waals surface area (Å²) in [6.45, 7) is 4.03. The van der Waals surface area contributed by atoms with Crippen molar-refractivity contribution in [3.8, 4) is 11.5 Å². The topological polar surface area (TPSA) is 46.9 Å². The molecule has 1 N–H and O–H groups in total. The van der Waals surface area contributed by atoms with Crippen LogP contribution in [0.4, 0.5) is 0 Å². The summed E-state index contributed by atoms with van der Waals surface area (Å²) in [7, 11) is 3.36. The Balaban J connectivity index is 2.01. The SMILES string of the molecule is COc1ccc(C(c2ccco2)N2CCCNCC2)c(OC)c1. The average Bonchev–Trinajstić information content (AvgIpc) is 2.98. The van der Waals surface area contributed by atoms with Gasteiger partial charge in [-0.2, -0.15) is 0 Å². The highest BCUT2D eigenvalue weighted by Crippen LogP contribution is 2.37. The zero-order valence-electron chi connectivity index (χ0n) is 13.7. The van der Waals surface area contributed by atoms with Gasteiger partial charge in [0.05, 0.1) is 26.5 Å². The lowest BCUT2D eigenvalue weighted by atomic mass is 10.0. The number of benzene rings is 1. The van der Waals surface area contributed by atoms with Gasteiger partial charge in [-0.1, -0.05) is 0 Å². The fraction of sp³-hybridized carbons (Fsp3) is 0.444. The van der Waals surface area contributed by atoms with Crippen LogP contribution in [0.25, 0.3) is 0 Å². The Labute approximate surface area is 137 Å². The second-order valence-corrected chi connectivity index (χ2v) is 5.67. The Morgan fingerprint density at radius 1 is 1.13 bits per heavy atom. The molecule has 0 aliphatic carbocycles. The number of ether oxygens (including phenoxy) is 2. The maximum absolute atomic E-state index is 5.75. The molecular weight excluding hydrogens is 292 g/mol. The van der Waals surface area contributed by atoms with Gasteiger partial charge in [-0.25, -0.2) is 0 Å². The molecular formula is C18H24N2O3. The Morgan fingerprint density at radius 3 is 2.78 bits per heavy atom. The summed E-state index contributed by atoms with van der Waals surface area (Å²) in [5.41, 5.74) is 1.10. The maximum atomic E-state index is 5.75. The third kappa shape index (κ3) is 3.51. The number of nitrogens with zero attached hydrogens (tertiary/aromatic N) is 1. The summed E-state index contributed by atoms with van der Waals surface area (Å²) >= 11 is 0. The van der Waals surface area contributed by atoms with Gasteiger partial charge < -0.3 is 19.2 Å². The molecule has 0 saturated carbocycles. The predicted octanol–water partition coefficient (Wildman–Crippen LogP) is 2.68. The van der Waals surface area contributed by atoms with Crippen molar-refractivity contribution in [1.82, 2.24) is 10.2 Å². The first-order valence-electron chi connectivity index (χ1n) is 8.03. The minimum absolute atomic E-state index is 0.0470. The van der Waals surface area contributed by atoms with Gasteiger partial charge in [-0.15, -0.1) is 0 Å². The fourth-order valence-electron chi connectivity index (χ4n) is 3.15. The molecule has 2 heterocycles. The van der Waals surface area contributed by atoms with Crippen molar-refractivity contribution >= 4 is 0 Å². The van der Waals surface area contributed by atoms with Crippen LogP contribution < -0.4 is 14.8 Å². The summed E-state index contributed by atoms with van der Waals surface area (Å²) in [5.74, 6) is 2.56. The molecule has 2 aromatic rings. The van der Waals surface area contributed by atoms with E-state index in [0.29, 0.717) is 0 Å². The molecule has 23 heavy (non-hydrogen) atoms. The lowest BCUT2D eigenvalue weighted by molar-refractivity contribution is 0.211. The molecule has 1 fully saturated rings. The highest BCUT2D eigenvalue weighted by atomic mass is 16.5. The van der Waals surface area contributed by atoms with E-state index in [-0.39, 0.29) is 6.04 Å². The van der Waals surface area contributed by atoms with Gasteiger partial charge >= 0.3 is 0 Å². The second-order valence-electron chi connectivity index (χ2n) is 5.67. The standard InChI is InChI=1S/C18H24N2O3/c1-21-14-6-7-15(17(13-14)22-2)18(16-5-3-12-23-16)20-10-4-8-19-9-11-20/h3,5-7,12-13,18-19H,4,8-11H2,1-2H3. The van der Waals surface area contributed by atoms with E-state index in [4.69, 9.17) is 13.9 Å². The van der Waals surface area contributed by atoms with Crippen molar-refractivity contribution in [2.24, 2.45) is 0 Å². The quantitative estimate of drug-likeness (QED) is 0.919. The van der Waals surface area contributed by atoms with Crippen molar-refractivity contribution in [3.63, 3.8) is 0 Å². The number of furan rings is 1. The van der Waals surface area contributed by atoms with E-state index in [0.717, 1.165) is 55.4 Å². The number of hydrogen-bond donors (Lipinski definition) is 1. The maximum Gasteiger partial charge on any atom is 0.127 e. The summed E-state index contributed by atoms with van der Waals surface area (Å²) in [6, 6.07) is 10.0. The summed E-state index contributed by atoms with van der Waals surface area (Å²) in [5, 5.41) is 3.45. The first kappa shape index (κ1) is 15.9. The molecule has 3 rings (SSSR count). The second kappa shape index (κ2) is 7.53. The van der Waals surface area contributed by atoms with E-state index < -0.39 is 0 Å². The number of methoxy groups -OCH3 is 2. The van der Waals surface area contributed by atoms with Gasteiger partial charge in [0, 0.05) is 31.3 Å². The van der Waals surface area contributed by atoms with Crippen molar-refractivity contribution < 1.29 is 13.9 Å². The van der Waals surface area contributed by atoms with Crippen LogP contribution in [0.15, 0.2) is 41.0 Å². The molecule has 1 aliphatic rings. The summed E-state index contributed by atoms with van der Waals surface area (Å²) in [6.07, 6.45) is 2.85. The predicted molar refractivity (Wildman–Crippen MR) is 89.2 cm³/mol. The highest BCUT2D eigenvalue weighted by Gasteiger charge is 2.28. The molecule has 0 radical (unpaired) electrons. The molecule has 0 bridgehead atoms. The Hall–Kier alpha value is -1.98. The first-order valence-corrected chi connectivity index (χ1v) is 8.03. The average molecular weight is 316 g/mol. The molecule has 1 unspecified atom stereocenters. The van der Waals surface area contributed by atoms with Crippen LogP contribution in [0.2, 0.25) is 0 Å². The summed E-state index contributed by atoms with van der Waals surface area (Å²) in [4.78, 5) is 2.45. The zero-order valence-corrected chi connectivity index (χ0v) is 13.7. The van der Waals surface area contributed by atoms with Crippen LogP contribution in [-0.2, 0) is 0 Å². The first-order chi connectivity index (χ1) is 11.3. The molecule has 0 amide bonds. The molecule has 1 saturated heterocycles. The molecule has 124 valence electrons. The third-order valence-electron chi connectivity index (χ3n) is 4.29. The van der Waals surface area contributed by atoms with Crippen LogP contribution in [0.3, 0.4) is 0 Å². The monoisotopic (exact) mass is 316 g/mol. The Bertz CT molecular complexity index is 605. The minimum Gasteiger partial charge on any atom is -0.497 e. The largest absolute Gasteiger partial charge is 0.497 e. The smallest absolute Gasteiger partial charge is 0.127 e. The van der Waals surface area contributed by atoms with Crippen LogP contribution in [0, 0.1) is 0 Å². The molecule has 5 heteroatoms. The van der Waals surface area contributed by atoms with Crippen molar-refractivity contribution in [3.05, 3.63) is 47.9 Å². The van der Waals surface area contributed by atoms with E-state index in [2.05, 4.69) is 16.3 Å². The van der Waals surface area contributed by atoms with Crippen LogP contribution in [-0.4, -0.2) is 45.3 Å². The number of rotatable bonds is 5. The number of nitrogens with one attached hydrogen (secondary N) is 1. The van der Waals surface area contributed by atoms with Gasteiger partial charge in [0.1, 0.15) is 17.3 Å². The van der Waals surface area contributed by atoms with E-state index in [1.165, 1.54) is 0 Å². The molecule has 1 aromatic carbocycles. The van der Waals surface area contributed by atoms with Gasteiger partial charge in [0.2, 0.25) is 0 Å². The van der Waals surface area contributed by atoms with Crippen LogP contribution >= 0.6 is 0 Å². The van der Waals surface area contributed by atoms with E-state index in [1.54, 1.807) is 20.5 Å². The van der Waals surface area contributed by atoms with Gasteiger partial charge in [-0.3, -0.25) is 4.90 Å². The van der Waals surface area contributed by atoms with Gasteiger partial charge in [-0.05, 0) is 37.2 Å². The lowest BCUT2D eigenvalue weighted by Gasteiger charge is -2.30. The fourth-order valence-corrected chi connectivity index (χ4v) is 3.15. The summed E-state index contributed by atoms with van der Waals surface area (Å²) < 4.78 is 16.7. The van der Waals surface area contributed by atoms with Crippen LogP contribution in [0.1, 0.15) is 23.8 Å². The van der Waals surface area contributed by atoms with Crippen LogP contribution in [0.5, 0.6) is 11.5 Å². The highest BCUT2D eigenvalue weighted by molar-refractivity contribution is 5.45. The molecule has 1 atom stereocenters. The van der Waals surface area contributed by atoms with E-state index >= 15 is 0 Å². The van der Waals surface area contributed by atoms with E-state index in [9.17, 15) is 0 Å². The normalized spacial score (nSPS) is 17.5. The van der Waals surface area contributed by atoms with Crippen molar-refractivity contribution in [2.45, 2.75) is 12.5 Å². The molecule has 1 aromatic heterocycles. The van der Waals surface area contributed by atoms with Gasteiger partial charge in [0.25, 0.3) is 0 Å². The minimum atomic E-state index is 0.0470. The van der Waals surface area contributed by atoms with Crippen molar-refractivity contribution in [1.29, 1.82) is 0 Å². The third-order valence-corrected chi connectivity index (χ3v) is 4.29. The lowest BCUT2D eigenvalue weighted by Crippen LogP contribution is -2.33. The Morgan fingerprint density at radius 2 is 2.04 bits per heavy atom. The van der Waals surface area contributed by atoms with Gasteiger partial charge in [0.15, 0.2) is 0 Å². The number of hydrogen-bond acceptors (Lipinski definition) is 5.